The first-order chi connectivity index (χ1) is 17.7. The van der Waals surface area contributed by atoms with E-state index in [0.29, 0.717) is 12.1 Å². The van der Waals surface area contributed by atoms with E-state index in [2.05, 4.69) is 31.7 Å². The van der Waals surface area contributed by atoms with E-state index in [1.807, 2.05) is 73.1 Å². The zero-order valence-corrected chi connectivity index (χ0v) is 20.2. The van der Waals surface area contributed by atoms with E-state index in [4.69, 9.17) is 4.74 Å². The number of amides is 1. The Morgan fingerprint density at radius 1 is 0.972 bits per heavy atom. The molecule has 7 nitrogen and oxygen atoms in total. The van der Waals surface area contributed by atoms with E-state index in [1.165, 1.54) is 0 Å². The van der Waals surface area contributed by atoms with Gasteiger partial charge in [0.15, 0.2) is 0 Å². The predicted molar refractivity (Wildman–Crippen MR) is 143 cm³/mol. The number of benzene rings is 2. The van der Waals surface area contributed by atoms with Crippen LogP contribution in [0.3, 0.4) is 0 Å². The number of fused-ring (bicyclic) bond motifs is 1. The second-order valence-corrected chi connectivity index (χ2v) is 8.36. The molecule has 7 heteroatoms. The normalized spacial score (nSPS) is 10.8. The molecule has 3 N–H and O–H groups in total. The Labute approximate surface area is 209 Å². The van der Waals surface area contributed by atoms with Gasteiger partial charge in [0.1, 0.15) is 11.4 Å². The zero-order valence-electron chi connectivity index (χ0n) is 20.2. The smallest absolute Gasteiger partial charge is 0.253 e. The Morgan fingerprint density at radius 3 is 2.64 bits per heavy atom. The largest absolute Gasteiger partial charge is 0.496 e. The molecule has 5 rings (SSSR count). The van der Waals surface area contributed by atoms with Crippen molar-refractivity contribution >= 4 is 22.6 Å². The molecule has 0 aliphatic carbocycles. The number of methoxy groups -OCH3 is 1. The molecule has 0 saturated carbocycles. The van der Waals surface area contributed by atoms with E-state index in [-0.39, 0.29) is 5.91 Å². The highest BCUT2D eigenvalue weighted by Crippen LogP contribution is 2.36. The lowest BCUT2D eigenvalue weighted by atomic mass is 10.00. The van der Waals surface area contributed by atoms with Crippen molar-refractivity contribution in [1.82, 2.24) is 20.3 Å². The van der Waals surface area contributed by atoms with Crippen LogP contribution in [0.5, 0.6) is 5.75 Å². The summed E-state index contributed by atoms with van der Waals surface area (Å²) in [6.07, 6.45) is 6.34. The van der Waals surface area contributed by atoms with Gasteiger partial charge in [0.25, 0.3) is 5.91 Å². The van der Waals surface area contributed by atoms with Gasteiger partial charge in [-0.3, -0.25) is 9.78 Å². The fourth-order valence-electron chi connectivity index (χ4n) is 4.33. The number of para-hydroxylation sites is 1. The second kappa shape index (κ2) is 10.3. The van der Waals surface area contributed by atoms with Gasteiger partial charge in [0.2, 0.25) is 0 Å². The van der Waals surface area contributed by atoms with Gasteiger partial charge in [-0.1, -0.05) is 30.3 Å². The van der Waals surface area contributed by atoms with Crippen molar-refractivity contribution in [2.45, 2.75) is 6.42 Å². The maximum Gasteiger partial charge on any atom is 0.253 e. The van der Waals surface area contributed by atoms with E-state index in [9.17, 15) is 4.79 Å². The summed E-state index contributed by atoms with van der Waals surface area (Å²) in [6, 6.07) is 21.7. The monoisotopic (exact) mass is 477 g/mol. The first-order valence-electron chi connectivity index (χ1n) is 11.8. The van der Waals surface area contributed by atoms with E-state index >= 15 is 0 Å². The maximum absolute atomic E-state index is 12.5. The van der Waals surface area contributed by atoms with Gasteiger partial charge in [-0.25, -0.2) is 4.98 Å². The number of nitrogens with zero attached hydrogens (tertiary/aromatic N) is 2. The summed E-state index contributed by atoms with van der Waals surface area (Å²) in [6.45, 7) is 0.650. The number of rotatable bonds is 8. The lowest BCUT2D eigenvalue weighted by Gasteiger charge is -2.14. The van der Waals surface area contributed by atoms with Crippen molar-refractivity contribution < 1.29 is 9.53 Å². The molecule has 5 aromatic rings. The van der Waals surface area contributed by atoms with Gasteiger partial charge < -0.3 is 20.4 Å². The first kappa shape index (κ1) is 23.1. The minimum absolute atomic E-state index is 0.139. The Kier molecular flexibility index (Phi) is 6.62. The predicted octanol–water partition coefficient (Wildman–Crippen LogP) is 5.31. The van der Waals surface area contributed by atoms with Crippen LogP contribution in [0, 0.1) is 0 Å². The van der Waals surface area contributed by atoms with Crippen LogP contribution >= 0.6 is 0 Å². The molecule has 3 aromatic heterocycles. The SMILES string of the molecule is CNC(=O)c1ccc(-c2cnc3[nH]cc(-c4ccccc4OC)c3c2)cc1NCCc1ccccn1. The molecule has 0 unspecified atom stereocenters. The molecule has 0 bridgehead atoms. The van der Waals surface area contributed by atoms with Gasteiger partial charge in [-0.2, -0.15) is 0 Å². The number of carbonyl (C=O) groups is 1. The lowest BCUT2D eigenvalue weighted by Crippen LogP contribution is -2.20. The second-order valence-electron chi connectivity index (χ2n) is 8.36. The fourth-order valence-corrected chi connectivity index (χ4v) is 4.33. The number of hydrogen-bond acceptors (Lipinski definition) is 5. The summed E-state index contributed by atoms with van der Waals surface area (Å²) in [7, 11) is 3.31. The van der Waals surface area contributed by atoms with Gasteiger partial charge in [-0.05, 0) is 42.0 Å². The molecule has 0 aliphatic heterocycles. The Balaban J connectivity index is 1.50. The van der Waals surface area contributed by atoms with E-state index in [0.717, 1.165) is 56.8 Å². The highest BCUT2D eigenvalue weighted by atomic mass is 16.5. The molecule has 0 spiro atoms. The summed E-state index contributed by atoms with van der Waals surface area (Å²) < 4.78 is 5.58. The average molecular weight is 478 g/mol. The first-order valence-corrected chi connectivity index (χ1v) is 11.8. The molecule has 3 heterocycles. The average Bonchev–Trinajstić information content (AvgIpc) is 3.36. The number of aromatic amines is 1. The van der Waals surface area contributed by atoms with E-state index < -0.39 is 0 Å². The van der Waals surface area contributed by atoms with Crippen LogP contribution in [0.4, 0.5) is 5.69 Å². The Morgan fingerprint density at radius 2 is 1.83 bits per heavy atom. The number of H-pyrrole nitrogens is 1. The molecule has 0 atom stereocenters. The van der Waals surface area contributed by atoms with Gasteiger partial charge >= 0.3 is 0 Å². The molecule has 36 heavy (non-hydrogen) atoms. The third-order valence-electron chi connectivity index (χ3n) is 6.18. The zero-order chi connectivity index (χ0) is 24.9. The molecule has 180 valence electrons. The van der Waals surface area contributed by atoms with Crippen LogP contribution in [0.25, 0.3) is 33.3 Å². The summed E-state index contributed by atoms with van der Waals surface area (Å²) in [4.78, 5) is 24.8. The molecule has 0 radical (unpaired) electrons. The number of ether oxygens (including phenoxy) is 1. The topological polar surface area (TPSA) is 91.9 Å². The molecule has 1 amide bonds. The number of anilines is 1. The van der Waals surface area contributed by atoms with Crippen molar-refractivity contribution in [1.29, 1.82) is 0 Å². The highest BCUT2D eigenvalue weighted by molar-refractivity contribution is 6.01. The molecule has 0 fully saturated rings. The van der Waals surface area contributed by atoms with Gasteiger partial charge in [0, 0.05) is 72.1 Å². The lowest BCUT2D eigenvalue weighted by molar-refractivity contribution is 0.0964. The number of nitrogens with one attached hydrogen (secondary N) is 3. The molecular formula is C29H27N5O2. The highest BCUT2D eigenvalue weighted by Gasteiger charge is 2.15. The minimum Gasteiger partial charge on any atom is -0.496 e. The Hall–Kier alpha value is -4.65. The van der Waals surface area contributed by atoms with Crippen molar-refractivity contribution in [3.63, 3.8) is 0 Å². The molecule has 0 saturated heterocycles. The summed E-state index contributed by atoms with van der Waals surface area (Å²) in [5.41, 5.74) is 7.09. The van der Waals surface area contributed by atoms with Crippen molar-refractivity contribution in [2.75, 3.05) is 26.0 Å². The standard InChI is InChI=1S/C29H27N5O2/c1-30-29(35)23-11-10-19(16-26(23)32-14-12-21-7-5-6-13-31-21)20-15-24-25(18-34-28(24)33-17-20)22-8-3-4-9-27(22)36-2/h3-11,13,15-18,32H,12,14H2,1-2H3,(H,30,35)(H,33,34). The van der Waals surface area contributed by atoms with Crippen LogP contribution < -0.4 is 15.4 Å². The third-order valence-corrected chi connectivity index (χ3v) is 6.18. The van der Waals surface area contributed by atoms with Crippen molar-refractivity contribution in [2.24, 2.45) is 0 Å². The van der Waals surface area contributed by atoms with Crippen LogP contribution in [-0.2, 0) is 6.42 Å². The van der Waals surface area contributed by atoms with Crippen LogP contribution in [-0.4, -0.2) is 41.6 Å². The van der Waals surface area contributed by atoms with Crippen molar-refractivity contribution in [3.05, 3.63) is 96.6 Å². The molecule has 0 aliphatic rings. The maximum atomic E-state index is 12.5. The van der Waals surface area contributed by atoms with Gasteiger partial charge in [0.05, 0.1) is 12.7 Å². The van der Waals surface area contributed by atoms with Crippen LogP contribution in [0.2, 0.25) is 0 Å². The van der Waals surface area contributed by atoms with Crippen LogP contribution in [0.15, 0.2) is 85.3 Å². The van der Waals surface area contributed by atoms with Gasteiger partial charge in [-0.15, -0.1) is 0 Å². The van der Waals surface area contributed by atoms with Crippen molar-refractivity contribution in [3.8, 4) is 28.0 Å². The molecule has 2 aromatic carbocycles. The minimum atomic E-state index is -0.139. The Bertz CT molecular complexity index is 1510. The number of hydrogen-bond donors (Lipinski definition) is 3. The van der Waals surface area contributed by atoms with E-state index in [1.54, 1.807) is 20.4 Å². The quantitative estimate of drug-likeness (QED) is 0.282. The summed E-state index contributed by atoms with van der Waals surface area (Å²) in [5, 5.41) is 7.15. The number of carbonyl (C=O) groups excluding carboxylic acids is 1. The fraction of sp³-hybridized carbons (Fsp3) is 0.138. The summed E-state index contributed by atoms with van der Waals surface area (Å²) in [5.74, 6) is 0.665. The summed E-state index contributed by atoms with van der Waals surface area (Å²) >= 11 is 0. The molecular weight excluding hydrogens is 450 g/mol. The number of aromatic nitrogens is 3. The third kappa shape index (κ3) is 4.63. The van der Waals surface area contributed by atoms with Crippen LogP contribution in [0.1, 0.15) is 16.1 Å². The number of pyridine rings is 2.